The molecule has 0 bridgehead atoms. The highest BCUT2D eigenvalue weighted by molar-refractivity contribution is 6.16. The fourth-order valence-corrected chi connectivity index (χ4v) is 7.13. The Morgan fingerprint density at radius 2 is 1.43 bits per heavy atom. The normalized spacial score (nSPS) is 22.5. The minimum absolute atomic E-state index is 0.302. The van der Waals surface area contributed by atoms with Gasteiger partial charge in [0.1, 0.15) is 23.0 Å². The van der Waals surface area contributed by atoms with Crippen LogP contribution >= 0.6 is 0 Å². The summed E-state index contributed by atoms with van der Waals surface area (Å²) in [7, 11) is 1.55. The number of nitrogens with one attached hydrogen (secondary N) is 1. The van der Waals surface area contributed by atoms with Gasteiger partial charge in [0.25, 0.3) is 0 Å². The predicted octanol–water partition coefficient (Wildman–Crippen LogP) is 5.60. The highest BCUT2D eigenvalue weighted by Crippen LogP contribution is 2.62. The van der Waals surface area contributed by atoms with Crippen LogP contribution < -0.4 is 14.8 Å². The van der Waals surface area contributed by atoms with Gasteiger partial charge in [-0.1, -0.05) is 42.5 Å². The molecule has 4 aromatic carbocycles. The second kappa shape index (κ2) is 10.3. The molecule has 0 unspecified atom stereocenters. The van der Waals surface area contributed by atoms with Crippen molar-refractivity contribution in [3.63, 3.8) is 0 Å². The van der Waals surface area contributed by atoms with E-state index in [2.05, 4.69) is 5.32 Å². The Labute approximate surface area is 253 Å². The summed E-state index contributed by atoms with van der Waals surface area (Å²) in [5.41, 5.74) is 2.34. The Morgan fingerprint density at radius 3 is 2.14 bits per heavy atom. The van der Waals surface area contributed by atoms with Crippen molar-refractivity contribution in [2.75, 3.05) is 12.4 Å². The number of nitrogens with zero attached hydrogens (tertiary/aromatic N) is 1. The van der Waals surface area contributed by atoms with Gasteiger partial charge in [-0.3, -0.25) is 19.2 Å². The van der Waals surface area contributed by atoms with Crippen molar-refractivity contribution in [2.24, 2.45) is 5.92 Å². The van der Waals surface area contributed by atoms with E-state index in [1.165, 1.54) is 6.92 Å². The zero-order valence-corrected chi connectivity index (χ0v) is 24.0. The molecule has 1 saturated heterocycles. The predicted molar refractivity (Wildman–Crippen MR) is 163 cm³/mol. The van der Waals surface area contributed by atoms with Crippen molar-refractivity contribution in [3.05, 3.63) is 131 Å². The van der Waals surface area contributed by atoms with E-state index in [0.29, 0.717) is 33.9 Å². The summed E-state index contributed by atoms with van der Waals surface area (Å²) in [4.78, 5) is 57.4. The molecule has 7 rings (SSSR count). The van der Waals surface area contributed by atoms with E-state index in [1.54, 1.807) is 55.6 Å². The number of rotatable bonds is 6. The molecule has 0 radical (unpaired) electrons. The minimum Gasteiger partial charge on any atom is -0.497 e. The molecule has 4 atom stereocenters. The average Bonchev–Trinajstić information content (AvgIpc) is 3.52. The topological polar surface area (TPSA) is 102 Å². The van der Waals surface area contributed by atoms with E-state index in [-0.39, 0.29) is 17.5 Å². The number of methoxy groups -OCH3 is 1. The lowest BCUT2D eigenvalue weighted by atomic mass is 9.62. The van der Waals surface area contributed by atoms with E-state index >= 15 is 0 Å². The molecule has 3 aliphatic heterocycles. The minimum atomic E-state index is -1.42. The molecule has 8 nitrogen and oxygen atoms in total. The Bertz CT molecular complexity index is 1860. The molecule has 0 aromatic heterocycles. The van der Waals surface area contributed by atoms with Crippen molar-refractivity contribution in [2.45, 2.75) is 24.4 Å². The second-order valence-electron chi connectivity index (χ2n) is 11.2. The molecule has 1 fully saturated rings. The molecule has 3 aliphatic rings. The molecular weight excluding hydrogens is 556 g/mol. The average molecular weight is 585 g/mol. The highest BCUT2D eigenvalue weighted by Gasteiger charge is 2.70. The van der Waals surface area contributed by atoms with Crippen molar-refractivity contribution in [3.8, 4) is 11.5 Å². The van der Waals surface area contributed by atoms with Crippen LogP contribution in [0, 0.1) is 5.92 Å². The maximum absolute atomic E-state index is 14.9. The summed E-state index contributed by atoms with van der Waals surface area (Å²) in [6.07, 6.45) is 3.75. The largest absolute Gasteiger partial charge is 0.497 e. The van der Waals surface area contributed by atoms with Gasteiger partial charge in [-0.25, -0.2) is 0 Å². The van der Waals surface area contributed by atoms with Gasteiger partial charge in [-0.2, -0.15) is 0 Å². The van der Waals surface area contributed by atoms with Crippen LogP contribution in [0.15, 0.2) is 103 Å². The molecule has 44 heavy (non-hydrogen) atoms. The fourth-order valence-electron chi connectivity index (χ4n) is 7.13. The molecule has 1 N–H and O–H groups in total. The molecule has 218 valence electrons. The zero-order valence-electron chi connectivity index (χ0n) is 24.0. The number of hydrogen-bond acceptors (Lipinski definition) is 7. The third-order valence-corrected chi connectivity index (χ3v) is 8.90. The number of benzene rings is 4. The Balaban J connectivity index is 1.47. The van der Waals surface area contributed by atoms with Gasteiger partial charge in [-0.15, -0.1) is 0 Å². The number of fused-ring (bicyclic) bond motifs is 6. The third kappa shape index (κ3) is 3.98. The maximum Gasteiger partial charge on any atom is 0.308 e. The number of para-hydroxylation sites is 1. The van der Waals surface area contributed by atoms with Crippen LogP contribution in [0.25, 0.3) is 6.08 Å². The van der Waals surface area contributed by atoms with Gasteiger partial charge in [0.05, 0.1) is 19.1 Å². The van der Waals surface area contributed by atoms with Gasteiger partial charge >= 0.3 is 5.97 Å². The lowest BCUT2D eigenvalue weighted by Crippen LogP contribution is -2.49. The van der Waals surface area contributed by atoms with Gasteiger partial charge in [0, 0.05) is 29.9 Å². The van der Waals surface area contributed by atoms with Crippen molar-refractivity contribution in [1.82, 2.24) is 4.90 Å². The molecule has 4 aromatic rings. The molecule has 3 heterocycles. The standard InChI is InChI=1S/C36H28N2O6/c1-21(39)44-26-17-13-24(14-18-26)33(41)31-30(32(40)23-11-15-25(43-2)16-12-23)36(28-9-5-6-10-29(28)37-35(36)42)34-27-8-4-3-7-22(27)19-20-38(31)34/h3-20,30-31,34H,1-2H3,(H,37,42)/t30-,31+,34+,36-/m0/s1. The number of carbonyl (C=O) groups is 4. The zero-order chi connectivity index (χ0) is 30.6. The lowest BCUT2D eigenvalue weighted by Gasteiger charge is -2.38. The smallest absolute Gasteiger partial charge is 0.308 e. The van der Waals surface area contributed by atoms with Crippen molar-refractivity contribution >= 4 is 35.2 Å². The number of carbonyl (C=O) groups excluding carboxylic acids is 4. The molecule has 8 heteroatoms. The molecule has 0 saturated carbocycles. The Kier molecular flexibility index (Phi) is 6.43. The summed E-state index contributed by atoms with van der Waals surface area (Å²) in [6.45, 7) is 1.30. The third-order valence-electron chi connectivity index (χ3n) is 8.90. The van der Waals surface area contributed by atoms with Crippen LogP contribution in [-0.2, 0) is 15.0 Å². The van der Waals surface area contributed by atoms with E-state index in [4.69, 9.17) is 9.47 Å². The summed E-state index contributed by atoms with van der Waals surface area (Å²) >= 11 is 0. The van der Waals surface area contributed by atoms with Gasteiger partial charge < -0.3 is 19.7 Å². The number of Topliss-reactive ketones (excluding diaryl/α,β-unsaturated/α-hetero) is 2. The molecule has 1 amide bonds. The first-order valence-corrected chi connectivity index (χ1v) is 14.3. The van der Waals surface area contributed by atoms with Crippen molar-refractivity contribution < 1.29 is 28.7 Å². The number of esters is 1. The van der Waals surface area contributed by atoms with E-state index < -0.39 is 29.4 Å². The summed E-state index contributed by atoms with van der Waals surface area (Å²) < 4.78 is 10.5. The van der Waals surface area contributed by atoms with Crippen LogP contribution in [0.4, 0.5) is 5.69 Å². The monoisotopic (exact) mass is 584 g/mol. The van der Waals surface area contributed by atoms with Crippen LogP contribution in [0.1, 0.15) is 50.4 Å². The first-order valence-electron chi connectivity index (χ1n) is 14.3. The van der Waals surface area contributed by atoms with Gasteiger partial charge in [0.2, 0.25) is 5.91 Å². The van der Waals surface area contributed by atoms with Crippen molar-refractivity contribution in [1.29, 1.82) is 0 Å². The van der Waals surface area contributed by atoms with Crippen LogP contribution in [0.2, 0.25) is 0 Å². The molecule has 0 aliphatic carbocycles. The first-order chi connectivity index (χ1) is 21.3. The van der Waals surface area contributed by atoms with Gasteiger partial charge in [-0.05, 0) is 77.4 Å². The van der Waals surface area contributed by atoms with Crippen LogP contribution in [0.3, 0.4) is 0 Å². The van der Waals surface area contributed by atoms with E-state index in [9.17, 15) is 19.2 Å². The maximum atomic E-state index is 14.9. The number of ketones is 2. The Hall–Kier alpha value is -5.50. The highest BCUT2D eigenvalue weighted by atomic mass is 16.5. The number of hydrogen-bond donors (Lipinski definition) is 1. The van der Waals surface area contributed by atoms with E-state index in [1.807, 2.05) is 65.7 Å². The lowest BCUT2D eigenvalue weighted by molar-refractivity contribution is -0.131. The van der Waals surface area contributed by atoms with Crippen LogP contribution in [-0.4, -0.2) is 41.5 Å². The summed E-state index contributed by atoms with van der Waals surface area (Å²) in [6, 6.07) is 26.5. The number of ether oxygens (including phenoxy) is 2. The Morgan fingerprint density at radius 1 is 0.795 bits per heavy atom. The fraction of sp³-hybridized carbons (Fsp3) is 0.167. The number of amides is 1. The molecular formula is C36H28N2O6. The first kappa shape index (κ1) is 27.3. The molecule has 1 spiro atoms. The van der Waals surface area contributed by atoms with Crippen LogP contribution in [0.5, 0.6) is 11.5 Å². The number of anilines is 1. The summed E-state index contributed by atoms with van der Waals surface area (Å²) in [5.74, 6) is -1.66. The SMILES string of the molecule is COc1ccc(C(=O)[C@@H]2[C@H](C(=O)c3ccc(OC(C)=O)cc3)N3C=Cc4ccccc4[C@@H]3[C@@]23C(=O)Nc2ccccc23)cc1. The van der Waals surface area contributed by atoms with E-state index in [0.717, 1.165) is 11.1 Å². The second-order valence-corrected chi connectivity index (χ2v) is 11.2. The summed E-state index contributed by atoms with van der Waals surface area (Å²) in [5, 5.41) is 3.05. The quantitative estimate of drug-likeness (QED) is 0.179. The van der Waals surface area contributed by atoms with Gasteiger partial charge in [0.15, 0.2) is 11.6 Å².